The highest BCUT2D eigenvalue weighted by Crippen LogP contribution is 2.29. The summed E-state index contributed by atoms with van der Waals surface area (Å²) in [7, 11) is 0. The van der Waals surface area contributed by atoms with E-state index in [2.05, 4.69) is 124 Å². The van der Waals surface area contributed by atoms with Gasteiger partial charge in [-0.3, -0.25) is 4.68 Å². The minimum Gasteiger partial charge on any atom is -0.264 e. The van der Waals surface area contributed by atoms with Gasteiger partial charge in [0.15, 0.2) is 0 Å². The molecule has 0 aliphatic heterocycles. The highest BCUT2D eigenvalue weighted by Gasteiger charge is 2.14. The molecular formula is C28H27BrN2. The minimum atomic E-state index is 0.213. The molecule has 0 unspecified atom stereocenters. The van der Waals surface area contributed by atoms with E-state index in [0.717, 1.165) is 41.4 Å². The average molecular weight is 471 g/mol. The Hall–Kier alpha value is -2.91. The van der Waals surface area contributed by atoms with Gasteiger partial charge in [0.25, 0.3) is 0 Å². The molecule has 0 amide bonds. The van der Waals surface area contributed by atoms with E-state index in [4.69, 9.17) is 5.10 Å². The number of hydrogen-bond acceptors (Lipinski definition) is 1. The van der Waals surface area contributed by atoms with Crippen molar-refractivity contribution >= 4 is 15.9 Å². The summed E-state index contributed by atoms with van der Waals surface area (Å²) in [5, 5.41) is 4.95. The number of benzene rings is 3. The van der Waals surface area contributed by atoms with Gasteiger partial charge in [-0.15, -0.1) is 0 Å². The molecule has 3 aromatic carbocycles. The Labute approximate surface area is 193 Å². The van der Waals surface area contributed by atoms with Crippen molar-refractivity contribution in [1.82, 2.24) is 9.78 Å². The minimum absolute atomic E-state index is 0.213. The van der Waals surface area contributed by atoms with Crippen LogP contribution in [0.1, 0.15) is 30.0 Å². The predicted molar refractivity (Wildman–Crippen MR) is 133 cm³/mol. The molecule has 4 rings (SSSR count). The normalized spacial score (nSPS) is 12.3. The second-order valence-electron chi connectivity index (χ2n) is 7.72. The summed E-state index contributed by atoms with van der Waals surface area (Å²) in [5.74, 6) is 0. The number of halogens is 1. The molecule has 0 fully saturated rings. The van der Waals surface area contributed by atoms with Gasteiger partial charge in [-0.05, 0) is 52.7 Å². The quantitative estimate of drug-likeness (QED) is 0.229. The summed E-state index contributed by atoms with van der Waals surface area (Å²) < 4.78 is 3.13. The van der Waals surface area contributed by atoms with Gasteiger partial charge in [-0.2, -0.15) is 5.10 Å². The van der Waals surface area contributed by atoms with E-state index in [-0.39, 0.29) is 6.04 Å². The summed E-state index contributed by atoms with van der Waals surface area (Å²) in [6.07, 6.45) is 10.8. The van der Waals surface area contributed by atoms with Gasteiger partial charge in [0.2, 0.25) is 0 Å². The lowest BCUT2D eigenvalue weighted by atomic mass is 10.0. The number of rotatable bonds is 9. The molecule has 1 aromatic heterocycles. The Balaban J connectivity index is 1.51. The molecule has 0 radical (unpaired) electrons. The molecule has 1 atom stereocenters. The van der Waals surface area contributed by atoms with Gasteiger partial charge >= 0.3 is 0 Å². The second kappa shape index (κ2) is 10.9. The van der Waals surface area contributed by atoms with Crippen LogP contribution >= 0.6 is 15.9 Å². The van der Waals surface area contributed by atoms with E-state index in [1.165, 1.54) is 11.1 Å². The zero-order valence-corrected chi connectivity index (χ0v) is 19.2. The first-order chi connectivity index (χ1) is 15.3. The molecular weight excluding hydrogens is 444 g/mol. The Bertz CT molecular complexity index is 1090. The van der Waals surface area contributed by atoms with E-state index in [1.54, 1.807) is 0 Å². The van der Waals surface area contributed by atoms with E-state index >= 15 is 0 Å². The van der Waals surface area contributed by atoms with Crippen molar-refractivity contribution in [2.24, 2.45) is 0 Å². The van der Waals surface area contributed by atoms with Crippen LogP contribution in [0.3, 0.4) is 0 Å². The first kappa shape index (κ1) is 21.3. The summed E-state index contributed by atoms with van der Waals surface area (Å²) >= 11 is 3.72. The standard InChI is InChI=1S/C28H27BrN2/c29-27-22-31(30-28(27)25-17-8-3-9-18-25)26(21-20-24-14-6-2-7-15-24)19-11-10-16-23-12-4-1-5-13-23/h1-9,11-15,17-19,22,26H,10,16,20-21H2/b19-11+/t26-/m1/s1. The number of nitrogens with zero attached hydrogens (tertiary/aromatic N) is 2. The van der Waals surface area contributed by atoms with Crippen molar-refractivity contribution in [3.05, 3.63) is 125 Å². The Kier molecular flexibility index (Phi) is 7.51. The maximum atomic E-state index is 4.95. The van der Waals surface area contributed by atoms with Gasteiger partial charge in [-0.1, -0.05) is 103 Å². The average Bonchev–Trinajstić information content (AvgIpc) is 3.22. The summed E-state index contributed by atoms with van der Waals surface area (Å²) in [4.78, 5) is 0. The molecule has 1 heterocycles. The lowest BCUT2D eigenvalue weighted by molar-refractivity contribution is 0.504. The van der Waals surface area contributed by atoms with Crippen molar-refractivity contribution < 1.29 is 0 Å². The van der Waals surface area contributed by atoms with Gasteiger partial charge in [0.1, 0.15) is 5.69 Å². The molecule has 0 saturated heterocycles. The fourth-order valence-electron chi connectivity index (χ4n) is 3.75. The third-order valence-corrected chi connectivity index (χ3v) is 6.03. The lowest BCUT2D eigenvalue weighted by Crippen LogP contribution is -2.09. The van der Waals surface area contributed by atoms with Crippen LogP contribution in [0.4, 0.5) is 0 Å². The number of hydrogen-bond donors (Lipinski definition) is 0. The predicted octanol–water partition coefficient (Wildman–Crippen LogP) is 7.68. The molecule has 3 heteroatoms. The van der Waals surface area contributed by atoms with Crippen LogP contribution in [0, 0.1) is 0 Å². The van der Waals surface area contributed by atoms with Crippen LogP contribution in [-0.4, -0.2) is 9.78 Å². The first-order valence-electron chi connectivity index (χ1n) is 10.8. The summed E-state index contributed by atoms with van der Waals surface area (Å²) in [6, 6.07) is 31.9. The van der Waals surface area contributed by atoms with Crippen molar-refractivity contribution in [2.45, 2.75) is 31.7 Å². The van der Waals surface area contributed by atoms with E-state index in [0.29, 0.717) is 0 Å². The van der Waals surface area contributed by atoms with E-state index in [9.17, 15) is 0 Å². The zero-order chi connectivity index (χ0) is 21.3. The van der Waals surface area contributed by atoms with Crippen molar-refractivity contribution in [3.8, 4) is 11.3 Å². The largest absolute Gasteiger partial charge is 0.264 e. The third-order valence-electron chi connectivity index (χ3n) is 5.45. The van der Waals surface area contributed by atoms with Crippen molar-refractivity contribution in [3.63, 3.8) is 0 Å². The summed E-state index contributed by atoms with van der Waals surface area (Å²) in [5.41, 5.74) is 4.85. The highest BCUT2D eigenvalue weighted by molar-refractivity contribution is 9.10. The van der Waals surface area contributed by atoms with Crippen LogP contribution in [0.15, 0.2) is 114 Å². The van der Waals surface area contributed by atoms with Crippen LogP contribution < -0.4 is 0 Å². The van der Waals surface area contributed by atoms with E-state index in [1.807, 2.05) is 6.07 Å². The molecule has 156 valence electrons. The Morgan fingerprint density at radius 1 is 0.774 bits per heavy atom. The SMILES string of the molecule is Brc1cn([C@H](/C=C/CCc2ccccc2)CCc2ccccc2)nc1-c1ccccc1. The molecule has 4 aromatic rings. The topological polar surface area (TPSA) is 17.8 Å². The Morgan fingerprint density at radius 2 is 1.35 bits per heavy atom. The molecule has 2 nitrogen and oxygen atoms in total. The van der Waals surface area contributed by atoms with Crippen LogP contribution in [0.25, 0.3) is 11.3 Å². The fraction of sp³-hybridized carbons (Fsp3) is 0.179. The van der Waals surface area contributed by atoms with Crippen molar-refractivity contribution in [2.75, 3.05) is 0 Å². The van der Waals surface area contributed by atoms with Gasteiger partial charge < -0.3 is 0 Å². The zero-order valence-electron chi connectivity index (χ0n) is 17.6. The van der Waals surface area contributed by atoms with Crippen LogP contribution in [0.5, 0.6) is 0 Å². The van der Waals surface area contributed by atoms with Crippen LogP contribution in [0.2, 0.25) is 0 Å². The summed E-state index contributed by atoms with van der Waals surface area (Å²) in [6.45, 7) is 0. The number of allylic oxidation sites excluding steroid dienone is 2. The molecule has 0 aliphatic carbocycles. The Morgan fingerprint density at radius 3 is 2.00 bits per heavy atom. The maximum Gasteiger partial charge on any atom is 0.107 e. The fourth-order valence-corrected chi connectivity index (χ4v) is 4.27. The maximum absolute atomic E-state index is 4.95. The van der Waals surface area contributed by atoms with Crippen LogP contribution in [-0.2, 0) is 12.8 Å². The van der Waals surface area contributed by atoms with Gasteiger partial charge in [0.05, 0.1) is 10.5 Å². The third kappa shape index (κ3) is 6.05. The van der Waals surface area contributed by atoms with Gasteiger partial charge in [0, 0.05) is 11.8 Å². The molecule has 0 N–H and O–H groups in total. The molecule has 0 spiro atoms. The van der Waals surface area contributed by atoms with E-state index < -0.39 is 0 Å². The van der Waals surface area contributed by atoms with Crippen molar-refractivity contribution in [1.29, 1.82) is 0 Å². The first-order valence-corrected chi connectivity index (χ1v) is 11.6. The smallest absolute Gasteiger partial charge is 0.107 e. The monoisotopic (exact) mass is 470 g/mol. The molecule has 31 heavy (non-hydrogen) atoms. The molecule has 0 aliphatic rings. The number of aromatic nitrogens is 2. The van der Waals surface area contributed by atoms with Gasteiger partial charge in [-0.25, -0.2) is 0 Å². The molecule has 0 bridgehead atoms. The molecule has 0 saturated carbocycles. The second-order valence-corrected chi connectivity index (χ2v) is 8.57. The number of aryl methyl sites for hydroxylation is 2. The lowest BCUT2D eigenvalue weighted by Gasteiger charge is -2.14. The highest BCUT2D eigenvalue weighted by atomic mass is 79.9.